The molecule has 0 saturated heterocycles. The Hall–Kier alpha value is -1.38. The summed E-state index contributed by atoms with van der Waals surface area (Å²) in [6, 6.07) is 4.11. The van der Waals surface area contributed by atoms with Crippen molar-refractivity contribution in [2.75, 3.05) is 6.61 Å². The zero-order valence-electron chi connectivity index (χ0n) is 11.2. The molecule has 2 rings (SSSR count). The molecule has 2 atom stereocenters. The van der Waals surface area contributed by atoms with Gasteiger partial charge in [-0.1, -0.05) is 13.0 Å². The molecule has 0 aromatic carbocycles. The number of aryl methyl sites for hydroxylation is 1. The van der Waals surface area contributed by atoms with Crippen molar-refractivity contribution in [3.8, 4) is 0 Å². The second-order valence-corrected chi connectivity index (χ2v) is 4.81. The summed E-state index contributed by atoms with van der Waals surface area (Å²) in [6.07, 6.45) is 5.91. The first-order valence-electron chi connectivity index (χ1n) is 6.88. The minimum atomic E-state index is -0.0662. The number of esters is 1. The lowest BCUT2D eigenvalue weighted by molar-refractivity contribution is -0.149. The molecule has 1 aliphatic rings. The molecule has 0 fully saturated rings. The Bertz CT molecular complexity index is 417. The van der Waals surface area contributed by atoms with E-state index in [-0.39, 0.29) is 17.8 Å². The van der Waals surface area contributed by atoms with Crippen LogP contribution in [-0.2, 0) is 16.0 Å². The summed E-state index contributed by atoms with van der Waals surface area (Å²) in [4.78, 5) is 16.5. The van der Waals surface area contributed by atoms with Gasteiger partial charge in [-0.2, -0.15) is 0 Å². The van der Waals surface area contributed by atoms with Gasteiger partial charge in [-0.3, -0.25) is 9.78 Å². The average Bonchev–Trinajstić information content (AvgIpc) is 2.40. The molecule has 0 radical (unpaired) electrons. The van der Waals surface area contributed by atoms with Crippen LogP contribution < -0.4 is 0 Å². The maximum absolute atomic E-state index is 12.0. The summed E-state index contributed by atoms with van der Waals surface area (Å²) < 4.78 is 5.20. The van der Waals surface area contributed by atoms with Crippen molar-refractivity contribution >= 4 is 5.97 Å². The molecule has 3 nitrogen and oxygen atoms in total. The number of aromatic nitrogens is 1. The fraction of sp³-hybridized carbons (Fsp3) is 0.600. The number of carbonyl (C=O) groups excluding carboxylic acids is 1. The summed E-state index contributed by atoms with van der Waals surface area (Å²) in [6.45, 7) is 4.37. The molecule has 1 aromatic rings. The van der Waals surface area contributed by atoms with E-state index >= 15 is 0 Å². The summed E-state index contributed by atoms with van der Waals surface area (Å²) in [7, 11) is 0. The van der Waals surface area contributed by atoms with Gasteiger partial charge in [0, 0.05) is 17.8 Å². The topological polar surface area (TPSA) is 39.2 Å². The molecular formula is C15H21NO2. The van der Waals surface area contributed by atoms with Crippen LogP contribution in [0, 0.1) is 5.92 Å². The van der Waals surface area contributed by atoms with E-state index in [2.05, 4.69) is 18.0 Å². The Balaban J connectivity index is 2.25. The Morgan fingerprint density at radius 2 is 2.39 bits per heavy atom. The van der Waals surface area contributed by atoms with Gasteiger partial charge < -0.3 is 4.74 Å². The van der Waals surface area contributed by atoms with Gasteiger partial charge in [0.2, 0.25) is 0 Å². The lowest BCUT2D eigenvalue weighted by Crippen LogP contribution is -2.27. The summed E-state index contributed by atoms with van der Waals surface area (Å²) in [5.41, 5.74) is 2.42. The van der Waals surface area contributed by atoms with Crippen molar-refractivity contribution in [2.24, 2.45) is 5.92 Å². The van der Waals surface area contributed by atoms with E-state index in [1.807, 2.05) is 19.2 Å². The molecular weight excluding hydrogens is 226 g/mol. The molecule has 3 heteroatoms. The molecule has 0 aliphatic heterocycles. The van der Waals surface area contributed by atoms with Crippen molar-refractivity contribution in [3.05, 3.63) is 29.6 Å². The summed E-state index contributed by atoms with van der Waals surface area (Å²) >= 11 is 0. The van der Waals surface area contributed by atoms with Gasteiger partial charge in [-0.25, -0.2) is 0 Å². The van der Waals surface area contributed by atoms with Gasteiger partial charge in [0.1, 0.15) is 0 Å². The molecule has 0 N–H and O–H groups in total. The van der Waals surface area contributed by atoms with Crippen molar-refractivity contribution in [1.82, 2.24) is 4.98 Å². The monoisotopic (exact) mass is 247 g/mol. The van der Waals surface area contributed by atoms with Crippen molar-refractivity contribution in [2.45, 2.75) is 45.4 Å². The van der Waals surface area contributed by atoms with E-state index in [1.165, 1.54) is 5.56 Å². The molecule has 1 aliphatic carbocycles. The van der Waals surface area contributed by atoms with Crippen LogP contribution in [-0.4, -0.2) is 17.6 Å². The third kappa shape index (κ3) is 2.55. The van der Waals surface area contributed by atoms with Crippen molar-refractivity contribution in [3.63, 3.8) is 0 Å². The third-order valence-corrected chi connectivity index (χ3v) is 3.75. The van der Waals surface area contributed by atoms with Gasteiger partial charge in [-0.05, 0) is 44.2 Å². The Labute approximate surface area is 109 Å². The van der Waals surface area contributed by atoms with Gasteiger partial charge >= 0.3 is 5.97 Å². The fourth-order valence-corrected chi connectivity index (χ4v) is 2.90. The number of hydrogen-bond acceptors (Lipinski definition) is 3. The smallest absolute Gasteiger partial charge is 0.309 e. The van der Waals surface area contributed by atoms with Crippen LogP contribution in [0.4, 0.5) is 0 Å². The number of fused-ring (bicyclic) bond motifs is 1. The van der Waals surface area contributed by atoms with E-state index in [9.17, 15) is 4.79 Å². The highest BCUT2D eigenvalue weighted by Crippen LogP contribution is 2.37. The van der Waals surface area contributed by atoms with E-state index in [4.69, 9.17) is 4.74 Å². The Morgan fingerprint density at radius 1 is 1.56 bits per heavy atom. The molecule has 1 aromatic heterocycles. The maximum atomic E-state index is 12.0. The highest BCUT2D eigenvalue weighted by molar-refractivity contribution is 5.73. The highest BCUT2D eigenvalue weighted by Gasteiger charge is 2.33. The minimum absolute atomic E-state index is 0.0427. The standard InChI is InChI=1S/C15H21NO2/c1-3-12(15(17)18-4-2)13-9-5-7-11-8-6-10-16-14(11)13/h6,8,10,12-13H,3-5,7,9H2,1-2H3. The van der Waals surface area contributed by atoms with E-state index in [1.54, 1.807) is 0 Å². The Morgan fingerprint density at radius 3 is 3.11 bits per heavy atom. The number of nitrogens with zero attached hydrogens (tertiary/aromatic N) is 1. The first-order chi connectivity index (χ1) is 8.77. The first kappa shape index (κ1) is 13.1. The Kier molecular flexibility index (Phi) is 4.34. The third-order valence-electron chi connectivity index (χ3n) is 3.75. The summed E-state index contributed by atoms with van der Waals surface area (Å²) in [5.74, 6) is 0.126. The zero-order valence-corrected chi connectivity index (χ0v) is 11.2. The van der Waals surface area contributed by atoms with Crippen LogP contribution in [0.1, 0.15) is 50.3 Å². The maximum Gasteiger partial charge on any atom is 0.309 e. The molecule has 0 bridgehead atoms. The van der Waals surface area contributed by atoms with Gasteiger partial charge in [-0.15, -0.1) is 0 Å². The lowest BCUT2D eigenvalue weighted by atomic mass is 9.77. The van der Waals surface area contributed by atoms with Crippen LogP contribution in [0.25, 0.3) is 0 Å². The number of ether oxygens (including phenoxy) is 1. The van der Waals surface area contributed by atoms with Gasteiger partial charge in [0.05, 0.1) is 12.5 Å². The van der Waals surface area contributed by atoms with Crippen LogP contribution in [0.3, 0.4) is 0 Å². The first-order valence-corrected chi connectivity index (χ1v) is 6.88. The normalized spacial score (nSPS) is 20.0. The predicted octanol–water partition coefficient (Wildman–Crippen LogP) is 3.09. The number of carbonyl (C=O) groups is 1. The highest BCUT2D eigenvalue weighted by atomic mass is 16.5. The average molecular weight is 247 g/mol. The van der Waals surface area contributed by atoms with Crippen LogP contribution in [0.2, 0.25) is 0 Å². The molecule has 0 saturated carbocycles. The molecule has 0 amide bonds. The predicted molar refractivity (Wildman–Crippen MR) is 70.3 cm³/mol. The van der Waals surface area contributed by atoms with Gasteiger partial charge in [0.15, 0.2) is 0 Å². The lowest BCUT2D eigenvalue weighted by Gasteiger charge is -2.29. The number of rotatable bonds is 4. The molecule has 18 heavy (non-hydrogen) atoms. The molecule has 2 unspecified atom stereocenters. The molecule has 0 spiro atoms. The van der Waals surface area contributed by atoms with Crippen LogP contribution >= 0.6 is 0 Å². The van der Waals surface area contributed by atoms with E-state index in [0.717, 1.165) is 31.4 Å². The van der Waals surface area contributed by atoms with E-state index < -0.39 is 0 Å². The van der Waals surface area contributed by atoms with Gasteiger partial charge in [0.25, 0.3) is 0 Å². The molecule has 98 valence electrons. The number of pyridine rings is 1. The second-order valence-electron chi connectivity index (χ2n) is 4.81. The minimum Gasteiger partial charge on any atom is -0.466 e. The zero-order chi connectivity index (χ0) is 13.0. The SMILES string of the molecule is CCOC(=O)C(CC)C1CCCc2cccnc21. The van der Waals surface area contributed by atoms with Crippen molar-refractivity contribution < 1.29 is 9.53 Å². The number of hydrogen-bond donors (Lipinski definition) is 0. The van der Waals surface area contributed by atoms with Crippen LogP contribution in [0.5, 0.6) is 0 Å². The second kappa shape index (κ2) is 5.98. The van der Waals surface area contributed by atoms with Crippen molar-refractivity contribution in [1.29, 1.82) is 0 Å². The fourth-order valence-electron chi connectivity index (χ4n) is 2.90. The largest absolute Gasteiger partial charge is 0.466 e. The quantitative estimate of drug-likeness (QED) is 0.767. The van der Waals surface area contributed by atoms with Crippen LogP contribution in [0.15, 0.2) is 18.3 Å². The summed E-state index contributed by atoms with van der Waals surface area (Å²) in [5, 5.41) is 0. The van der Waals surface area contributed by atoms with E-state index in [0.29, 0.717) is 6.61 Å². The molecule has 1 heterocycles.